The Morgan fingerprint density at radius 2 is 2.20 bits per heavy atom. The van der Waals surface area contributed by atoms with Crippen molar-refractivity contribution in [1.29, 1.82) is 0 Å². The van der Waals surface area contributed by atoms with Crippen LogP contribution in [0, 0.1) is 0 Å². The largest absolute Gasteiger partial charge is 0.312 e. The highest BCUT2D eigenvalue weighted by molar-refractivity contribution is 7.89. The fourth-order valence-corrected chi connectivity index (χ4v) is 2.76. The smallest absolute Gasteiger partial charge is 0.212 e. The van der Waals surface area contributed by atoms with Crippen LogP contribution in [0.4, 0.5) is 0 Å². The number of sulfonamides is 1. The molecular formula is C9H21N3O2S. The van der Waals surface area contributed by atoms with E-state index < -0.39 is 10.0 Å². The number of hydrogen-bond acceptors (Lipinski definition) is 4. The molecule has 1 atom stereocenters. The van der Waals surface area contributed by atoms with Gasteiger partial charge in [0.2, 0.25) is 10.0 Å². The maximum absolute atomic E-state index is 11.3. The molecule has 90 valence electrons. The molecule has 1 aliphatic rings. The Kier molecular flexibility index (Phi) is 4.98. The Balaban J connectivity index is 2.16. The molecule has 1 aliphatic heterocycles. The lowest BCUT2D eigenvalue weighted by molar-refractivity contribution is 0.400. The minimum absolute atomic E-state index is 0.168. The number of likely N-dealkylation sites (tertiary alicyclic amines) is 1. The van der Waals surface area contributed by atoms with Crippen LogP contribution in [0.3, 0.4) is 0 Å². The highest BCUT2D eigenvalue weighted by atomic mass is 32.2. The first kappa shape index (κ1) is 12.9. The lowest BCUT2D eigenvalue weighted by Crippen LogP contribution is -2.37. The van der Waals surface area contributed by atoms with Crippen LogP contribution < -0.4 is 10.0 Å². The third-order valence-corrected chi connectivity index (χ3v) is 4.03. The summed E-state index contributed by atoms with van der Waals surface area (Å²) >= 11 is 0. The van der Waals surface area contributed by atoms with Crippen LogP contribution in [0.25, 0.3) is 0 Å². The molecular weight excluding hydrogens is 214 g/mol. The molecule has 2 N–H and O–H groups in total. The fraction of sp³-hybridized carbons (Fsp3) is 1.00. The minimum atomic E-state index is -3.06. The molecule has 1 unspecified atom stereocenters. The Morgan fingerprint density at radius 1 is 1.47 bits per heavy atom. The molecule has 1 rings (SSSR count). The molecule has 1 saturated heterocycles. The van der Waals surface area contributed by atoms with Crippen molar-refractivity contribution in [2.45, 2.75) is 19.4 Å². The standard InChI is InChI=1S/C9H21N3O2S/c1-3-11-15(13,14)7-5-10-9-4-6-12(2)8-9/h9-11H,3-8H2,1-2H3. The van der Waals surface area contributed by atoms with Gasteiger partial charge in [-0.15, -0.1) is 0 Å². The van der Waals surface area contributed by atoms with Crippen molar-refractivity contribution < 1.29 is 8.42 Å². The van der Waals surface area contributed by atoms with E-state index >= 15 is 0 Å². The van der Waals surface area contributed by atoms with Gasteiger partial charge in [-0.05, 0) is 20.0 Å². The molecule has 0 amide bonds. The van der Waals surface area contributed by atoms with E-state index in [4.69, 9.17) is 0 Å². The van der Waals surface area contributed by atoms with Crippen molar-refractivity contribution in [1.82, 2.24) is 14.9 Å². The van der Waals surface area contributed by atoms with Crippen molar-refractivity contribution in [3.8, 4) is 0 Å². The second-order valence-electron chi connectivity index (χ2n) is 4.02. The number of nitrogens with zero attached hydrogens (tertiary/aromatic N) is 1. The van der Waals surface area contributed by atoms with Crippen LogP contribution in [-0.4, -0.2) is 58.3 Å². The van der Waals surface area contributed by atoms with Gasteiger partial charge in [0, 0.05) is 25.7 Å². The van der Waals surface area contributed by atoms with E-state index in [1.807, 2.05) is 0 Å². The first-order valence-electron chi connectivity index (χ1n) is 5.43. The average Bonchev–Trinajstić information content (AvgIpc) is 2.51. The van der Waals surface area contributed by atoms with Gasteiger partial charge in [-0.2, -0.15) is 0 Å². The third-order valence-electron chi connectivity index (χ3n) is 2.56. The summed E-state index contributed by atoms with van der Waals surface area (Å²) in [7, 11) is -0.983. The number of hydrogen-bond donors (Lipinski definition) is 2. The molecule has 1 fully saturated rings. The molecule has 0 spiro atoms. The van der Waals surface area contributed by atoms with Crippen LogP contribution in [0.2, 0.25) is 0 Å². The Bertz CT molecular complexity index is 279. The van der Waals surface area contributed by atoms with Crippen molar-refractivity contribution in [3.05, 3.63) is 0 Å². The Labute approximate surface area is 92.3 Å². The maximum atomic E-state index is 11.3. The molecule has 0 aromatic carbocycles. The van der Waals surface area contributed by atoms with Crippen molar-refractivity contribution in [2.24, 2.45) is 0 Å². The quantitative estimate of drug-likeness (QED) is 0.634. The summed E-state index contributed by atoms with van der Waals surface area (Å²) in [5.41, 5.74) is 0. The van der Waals surface area contributed by atoms with Crippen molar-refractivity contribution in [3.63, 3.8) is 0 Å². The highest BCUT2D eigenvalue weighted by Gasteiger charge is 2.19. The van der Waals surface area contributed by atoms with Crippen LogP contribution in [0.1, 0.15) is 13.3 Å². The average molecular weight is 235 g/mol. The first-order valence-corrected chi connectivity index (χ1v) is 7.08. The zero-order chi connectivity index (χ0) is 11.3. The summed E-state index contributed by atoms with van der Waals surface area (Å²) in [6.07, 6.45) is 1.11. The van der Waals surface area contributed by atoms with Gasteiger partial charge in [-0.1, -0.05) is 6.92 Å². The van der Waals surface area contributed by atoms with Gasteiger partial charge >= 0.3 is 0 Å². The number of rotatable bonds is 6. The predicted octanol–water partition coefficient (Wildman–Crippen LogP) is -0.781. The summed E-state index contributed by atoms with van der Waals surface area (Å²) in [5, 5.41) is 3.27. The number of likely N-dealkylation sites (N-methyl/N-ethyl adjacent to an activating group) is 1. The van der Waals surface area contributed by atoms with Crippen LogP contribution in [0.5, 0.6) is 0 Å². The normalized spacial score (nSPS) is 23.5. The van der Waals surface area contributed by atoms with E-state index in [9.17, 15) is 8.42 Å². The maximum Gasteiger partial charge on any atom is 0.212 e. The van der Waals surface area contributed by atoms with Crippen molar-refractivity contribution >= 4 is 10.0 Å². The molecule has 1 heterocycles. The monoisotopic (exact) mass is 235 g/mol. The van der Waals surface area contributed by atoms with Crippen LogP contribution in [-0.2, 0) is 10.0 Å². The lowest BCUT2D eigenvalue weighted by Gasteiger charge is -2.12. The Hall–Kier alpha value is -0.170. The summed E-state index contributed by atoms with van der Waals surface area (Å²) in [4.78, 5) is 2.25. The van der Waals surface area contributed by atoms with E-state index in [1.165, 1.54) is 0 Å². The minimum Gasteiger partial charge on any atom is -0.312 e. The summed E-state index contributed by atoms with van der Waals surface area (Å²) in [6, 6.07) is 0.451. The molecule has 0 radical (unpaired) electrons. The molecule has 0 aromatic heterocycles. The molecule has 15 heavy (non-hydrogen) atoms. The molecule has 0 saturated carbocycles. The predicted molar refractivity (Wildman–Crippen MR) is 61.4 cm³/mol. The third kappa shape index (κ3) is 4.92. The topological polar surface area (TPSA) is 61.4 Å². The first-order chi connectivity index (χ1) is 7.03. The van der Waals surface area contributed by atoms with Gasteiger partial charge in [-0.25, -0.2) is 13.1 Å². The summed E-state index contributed by atoms with van der Waals surface area (Å²) < 4.78 is 25.1. The van der Waals surface area contributed by atoms with Gasteiger partial charge in [0.15, 0.2) is 0 Å². The molecule has 0 aromatic rings. The van der Waals surface area contributed by atoms with E-state index in [1.54, 1.807) is 6.92 Å². The number of nitrogens with one attached hydrogen (secondary N) is 2. The second kappa shape index (κ2) is 5.79. The fourth-order valence-electron chi connectivity index (χ4n) is 1.79. The van der Waals surface area contributed by atoms with E-state index in [0.717, 1.165) is 19.5 Å². The summed E-state index contributed by atoms with van der Waals surface area (Å²) in [6.45, 7) is 4.90. The Morgan fingerprint density at radius 3 is 2.73 bits per heavy atom. The molecule has 5 nitrogen and oxygen atoms in total. The van der Waals surface area contributed by atoms with E-state index in [2.05, 4.69) is 22.0 Å². The van der Waals surface area contributed by atoms with Crippen molar-refractivity contribution in [2.75, 3.05) is 39.0 Å². The lowest BCUT2D eigenvalue weighted by atomic mass is 10.3. The van der Waals surface area contributed by atoms with Gasteiger partial charge in [-0.3, -0.25) is 0 Å². The van der Waals surface area contributed by atoms with Crippen LogP contribution in [0.15, 0.2) is 0 Å². The van der Waals surface area contributed by atoms with Gasteiger partial charge in [0.1, 0.15) is 0 Å². The molecule has 6 heteroatoms. The van der Waals surface area contributed by atoms with E-state index in [0.29, 0.717) is 19.1 Å². The molecule has 0 bridgehead atoms. The van der Waals surface area contributed by atoms with Gasteiger partial charge < -0.3 is 10.2 Å². The van der Waals surface area contributed by atoms with Gasteiger partial charge in [0.25, 0.3) is 0 Å². The molecule has 0 aliphatic carbocycles. The zero-order valence-electron chi connectivity index (χ0n) is 9.49. The highest BCUT2D eigenvalue weighted by Crippen LogP contribution is 2.05. The van der Waals surface area contributed by atoms with Gasteiger partial charge in [0.05, 0.1) is 5.75 Å². The second-order valence-corrected chi connectivity index (χ2v) is 5.95. The zero-order valence-corrected chi connectivity index (χ0v) is 10.3. The van der Waals surface area contributed by atoms with E-state index in [-0.39, 0.29) is 5.75 Å². The summed E-state index contributed by atoms with van der Waals surface area (Å²) in [5.74, 6) is 0.168. The van der Waals surface area contributed by atoms with Crippen LogP contribution >= 0.6 is 0 Å². The SMILES string of the molecule is CCNS(=O)(=O)CCNC1CCN(C)C1.